The van der Waals surface area contributed by atoms with Gasteiger partial charge in [0.2, 0.25) is 5.91 Å². The quantitative estimate of drug-likeness (QED) is 0.770. The lowest BCUT2D eigenvalue weighted by Gasteiger charge is -2.11. The van der Waals surface area contributed by atoms with Gasteiger partial charge in [-0.15, -0.1) is 0 Å². The van der Waals surface area contributed by atoms with Gasteiger partial charge >= 0.3 is 0 Å². The van der Waals surface area contributed by atoms with Crippen LogP contribution in [0.4, 0.5) is 0 Å². The Hall–Kier alpha value is -1.55. The first kappa shape index (κ1) is 15.5. The lowest BCUT2D eigenvalue weighted by Crippen LogP contribution is -2.21. The molecule has 0 saturated carbocycles. The normalized spacial score (nSPS) is 12.0. The van der Waals surface area contributed by atoms with E-state index in [4.69, 9.17) is 4.74 Å². The van der Waals surface area contributed by atoms with Crippen molar-refractivity contribution in [3.63, 3.8) is 0 Å². The highest BCUT2D eigenvalue weighted by molar-refractivity contribution is 5.75. The summed E-state index contributed by atoms with van der Waals surface area (Å²) in [6.07, 6.45) is 1.50. The number of nitrogens with zero attached hydrogens (tertiary/aromatic N) is 1. The average Bonchev–Trinajstić information content (AvgIpc) is 2.43. The molecular weight excluding hydrogens is 242 g/mol. The van der Waals surface area contributed by atoms with Gasteiger partial charge in [0.1, 0.15) is 5.75 Å². The van der Waals surface area contributed by atoms with Crippen molar-refractivity contribution < 1.29 is 14.6 Å². The molecule has 1 rings (SSSR count). The van der Waals surface area contributed by atoms with E-state index in [0.717, 1.165) is 11.3 Å². The topological polar surface area (TPSA) is 49.8 Å². The number of amides is 1. The minimum Gasteiger partial charge on any atom is -0.494 e. The maximum atomic E-state index is 11.3. The smallest absolute Gasteiger partial charge is 0.222 e. The zero-order valence-corrected chi connectivity index (χ0v) is 11.9. The predicted molar refractivity (Wildman–Crippen MR) is 75.1 cm³/mol. The Bertz CT molecular complexity index is 387. The summed E-state index contributed by atoms with van der Waals surface area (Å²) >= 11 is 0. The van der Waals surface area contributed by atoms with Gasteiger partial charge in [-0.25, -0.2) is 0 Å². The van der Waals surface area contributed by atoms with E-state index in [1.165, 1.54) is 0 Å². The van der Waals surface area contributed by atoms with Crippen LogP contribution in [0.1, 0.15) is 37.9 Å². The van der Waals surface area contributed by atoms with Crippen LogP contribution >= 0.6 is 0 Å². The van der Waals surface area contributed by atoms with Crippen LogP contribution < -0.4 is 4.74 Å². The molecule has 0 bridgehead atoms. The van der Waals surface area contributed by atoms with Crippen molar-refractivity contribution >= 4 is 5.91 Å². The van der Waals surface area contributed by atoms with Crippen molar-refractivity contribution in [1.82, 2.24) is 4.90 Å². The number of aliphatic hydroxyl groups is 1. The largest absolute Gasteiger partial charge is 0.494 e. The van der Waals surface area contributed by atoms with E-state index in [1.54, 1.807) is 19.0 Å². The van der Waals surface area contributed by atoms with Crippen molar-refractivity contribution in [1.29, 1.82) is 0 Å². The second-order valence-corrected chi connectivity index (χ2v) is 4.73. The molecule has 0 radical (unpaired) electrons. The highest BCUT2D eigenvalue weighted by Crippen LogP contribution is 2.19. The number of carbonyl (C=O) groups is 1. The molecule has 106 valence electrons. The zero-order valence-electron chi connectivity index (χ0n) is 11.9. The molecule has 1 N–H and O–H groups in total. The van der Waals surface area contributed by atoms with Gasteiger partial charge in [-0.1, -0.05) is 19.1 Å². The number of hydrogen-bond acceptors (Lipinski definition) is 3. The molecule has 0 spiro atoms. The molecule has 0 heterocycles. The molecule has 1 aromatic rings. The second-order valence-electron chi connectivity index (χ2n) is 4.73. The van der Waals surface area contributed by atoms with E-state index in [2.05, 4.69) is 0 Å². The summed E-state index contributed by atoms with van der Waals surface area (Å²) in [6.45, 7) is 2.46. The third-order valence-corrected chi connectivity index (χ3v) is 2.95. The highest BCUT2D eigenvalue weighted by atomic mass is 16.5. The Morgan fingerprint density at radius 2 is 1.95 bits per heavy atom. The van der Waals surface area contributed by atoms with Crippen LogP contribution in [0.5, 0.6) is 5.75 Å². The Kier molecular flexibility index (Phi) is 6.36. The molecule has 0 fully saturated rings. The van der Waals surface area contributed by atoms with Crippen molar-refractivity contribution in [3.8, 4) is 5.75 Å². The van der Waals surface area contributed by atoms with Gasteiger partial charge in [0.05, 0.1) is 12.7 Å². The van der Waals surface area contributed by atoms with Crippen LogP contribution in [-0.4, -0.2) is 36.6 Å². The van der Waals surface area contributed by atoms with Gasteiger partial charge in [-0.05, 0) is 30.5 Å². The van der Waals surface area contributed by atoms with Crippen LogP contribution in [0.25, 0.3) is 0 Å². The van der Waals surface area contributed by atoms with Crippen LogP contribution in [0.3, 0.4) is 0 Å². The molecule has 1 amide bonds. The van der Waals surface area contributed by atoms with Crippen molar-refractivity contribution in [2.24, 2.45) is 0 Å². The SMILES string of the molecule is CC[C@@H](O)c1ccc(OCCCC(=O)N(C)C)cc1. The van der Waals surface area contributed by atoms with Crippen molar-refractivity contribution in [2.75, 3.05) is 20.7 Å². The third-order valence-electron chi connectivity index (χ3n) is 2.95. The van der Waals surface area contributed by atoms with Crippen molar-refractivity contribution in [3.05, 3.63) is 29.8 Å². The molecule has 4 nitrogen and oxygen atoms in total. The standard InChI is InChI=1S/C15H23NO3/c1-4-14(17)12-7-9-13(10-8-12)19-11-5-6-15(18)16(2)3/h7-10,14,17H,4-6,11H2,1-3H3/t14-/m1/s1. The highest BCUT2D eigenvalue weighted by Gasteiger charge is 2.05. The van der Waals surface area contributed by atoms with Crippen LogP contribution in [-0.2, 0) is 4.79 Å². The van der Waals surface area contributed by atoms with Crippen LogP contribution in [0.15, 0.2) is 24.3 Å². The summed E-state index contributed by atoms with van der Waals surface area (Å²) in [5, 5.41) is 9.66. The van der Waals surface area contributed by atoms with Gasteiger partial charge in [-0.3, -0.25) is 4.79 Å². The number of rotatable bonds is 7. The lowest BCUT2D eigenvalue weighted by atomic mass is 10.1. The van der Waals surface area contributed by atoms with Crippen molar-refractivity contribution in [2.45, 2.75) is 32.3 Å². The molecule has 0 saturated heterocycles. The summed E-state index contributed by atoms with van der Waals surface area (Å²) in [5.41, 5.74) is 0.901. The Morgan fingerprint density at radius 3 is 2.47 bits per heavy atom. The molecule has 0 aliphatic rings. The van der Waals surface area contributed by atoms with Gasteiger partial charge in [0.15, 0.2) is 0 Å². The van der Waals surface area contributed by atoms with Gasteiger partial charge in [0, 0.05) is 20.5 Å². The zero-order chi connectivity index (χ0) is 14.3. The first-order valence-electron chi connectivity index (χ1n) is 6.65. The van der Waals surface area contributed by atoms with E-state index in [0.29, 0.717) is 25.9 Å². The maximum Gasteiger partial charge on any atom is 0.222 e. The second kappa shape index (κ2) is 7.79. The van der Waals surface area contributed by atoms with Gasteiger partial charge in [0.25, 0.3) is 0 Å². The summed E-state index contributed by atoms with van der Waals surface area (Å²) in [6, 6.07) is 7.44. The number of benzene rings is 1. The lowest BCUT2D eigenvalue weighted by molar-refractivity contribution is -0.128. The molecule has 0 aromatic heterocycles. The molecule has 0 aliphatic heterocycles. The summed E-state index contributed by atoms with van der Waals surface area (Å²) in [7, 11) is 3.50. The minimum atomic E-state index is -0.410. The third kappa shape index (κ3) is 5.30. The Balaban J connectivity index is 2.32. The molecule has 1 aromatic carbocycles. The fourth-order valence-corrected chi connectivity index (χ4v) is 1.66. The van der Waals surface area contributed by atoms with Gasteiger partial charge in [-0.2, -0.15) is 0 Å². The fraction of sp³-hybridized carbons (Fsp3) is 0.533. The molecular formula is C15H23NO3. The van der Waals surface area contributed by atoms with E-state index >= 15 is 0 Å². The molecule has 0 aliphatic carbocycles. The first-order valence-corrected chi connectivity index (χ1v) is 6.65. The molecule has 1 atom stereocenters. The molecule has 19 heavy (non-hydrogen) atoms. The average molecular weight is 265 g/mol. The van der Waals surface area contributed by atoms with Crippen LogP contribution in [0.2, 0.25) is 0 Å². The van der Waals surface area contributed by atoms with E-state index in [9.17, 15) is 9.90 Å². The summed E-state index contributed by atoms with van der Waals surface area (Å²) in [5.74, 6) is 0.884. The maximum absolute atomic E-state index is 11.3. The number of aliphatic hydroxyl groups excluding tert-OH is 1. The number of hydrogen-bond donors (Lipinski definition) is 1. The van der Waals surface area contributed by atoms with E-state index < -0.39 is 6.10 Å². The predicted octanol–water partition coefficient (Wildman–Crippen LogP) is 2.38. The minimum absolute atomic E-state index is 0.116. The molecule has 4 heteroatoms. The van der Waals surface area contributed by atoms with E-state index in [-0.39, 0.29) is 5.91 Å². The summed E-state index contributed by atoms with van der Waals surface area (Å²) < 4.78 is 5.55. The first-order chi connectivity index (χ1) is 9.04. The fourth-order valence-electron chi connectivity index (χ4n) is 1.66. The Morgan fingerprint density at radius 1 is 1.32 bits per heavy atom. The molecule has 0 unspecified atom stereocenters. The van der Waals surface area contributed by atoms with Gasteiger partial charge < -0.3 is 14.7 Å². The van der Waals surface area contributed by atoms with E-state index in [1.807, 2.05) is 31.2 Å². The Labute approximate surface area is 115 Å². The monoisotopic (exact) mass is 265 g/mol. The summed E-state index contributed by atoms with van der Waals surface area (Å²) in [4.78, 5) is 12.9. The number of carbonyl (C=O) groups excluding carboxylic acids is 1. The number of ether oxygens (including phenoxy) is 1. The van der Waals surface area contributed by atoms with Crippen LogP contribution in [0, 0.1) is 0 Å².